The van der Waals surface area contributed by atoms with Crippen LogP contribution in [-0.4, -0.2) is 35.6 Å². The van der Waals surface area contributed by atoms with Crippen molar-refractivity contribution >= 4 is 29.3 Å². The highest BCUT2D eigenvalue weighted by Crippen LogP contribution is 2.22. The summed E-state index contributed by atoms with van der Waals surface area (Å²) in [6.07, 6.45) is -0.0918. The van der Waals surface area contributed by atoms with E-state index < -0.39 is 5.97 Å². The number of rotatable bonds is 4. The molecular weight excluding hydrogens is 256 g/mol. The number of hydrogen-bond donors (Lipinski definition) is 2. The van der Waals surface area contributed by atoms with E-state index in [2.05, 4.69) is 5.32 Å². The first-order valence-electron chi connectivity index (χ1n) is 5.40. The first-order chi connectivity index (χ1) is 8.40. The number of aryl methyl sites for hydroxylation is 1. The number of hydrogen-bond acceptors (Lipinski definition) is 2. The maximum absolute atomic E-state index is 11.8. The van der Waals surface area contributed by atoms with Crippen molar-refractivity contribution in [3.8, 4) is 0 Å². The molecule has 0 aliphatic heterocycles. The molecule has 0 saturated carbocycles. The Morgan fingerprint density at radius 2 is 2.11 bits per heavy atom. The van der Waals surface area contributed by atoms with E-state index in [4.69, 9.17) is 16.7 Å². The van der Waals surface area contributed by atoms with E-state index in [-0.39, 0.29) is 19.0 Å². The molecule has 1 rings (SSSR count). The second kappa shape index (κ2) is 6.26. The van der Waals surface area contributed by atoms with Gasteiger partial charge in [-0.3, -0.25) is 4.79 Å². The Morgan fingerprint density at radius 1 is 1.44 bits per heavy atom. The number of aliphatic carboxylic acids is 1. The van der Waals surface area contributed by atoms with E-state index in [0.29, 0.717) is 10.7 Å². The monoisotopic (exact) mass is 270 g/mol. The molecule has 0 unspecified atom stereocenters. The van der Waals surface area contributed by atoms with Crippen LogP contribution >= 0.6 is 11.6 Å². The number of benzene rings is 1. The van der Waals surface area contributed by atoms with Gasteiger partial charge in [-0.05, 0) is 24.6 Å². The van der Waals surface area contributed by atoms with Crippen LogP contribution in [0.1, 0.15) is 12.0 Å². The summed E-state index contributed by atoms with van der Waals surface area (Å²) in [5.41, 5.74) is 1.49. The SMILES string of the molecule is Cc1ccc(Cl)c(NC(=O)N(C)CCC(=O)O)c1. The highest BCUT2D eigenvalue weighted by molar-refractivity contribution is 6.33. The number of anilines is 1. The van der Waals surface area contributed by atoms with Crippen molar-refractivity contribution < 1.29 is 14.7 Å². The summed E-state index contributed by atoms with van der Waals surface area (Å²) in [5.74, 6) is -0.941. The van der Waals surface area contributed by atoms with Gasteiger partial charge in [0.1, 0.15) is 0 Å². The number of nitrogens with one attached hydrogen (secondary N) is 1. The highest BCUT2D eigenvalue weighted by atomic mass is 35.5. The predicted octanol–water partition coefficient (Wildman–Crippen LogP) is 2.59. The van der Waals surface area contributed by atoms with E-state index in [9.17, 15) is 9.59 Å². The zero-order valence-electron chi connectivity index (χ0n) is 10.2. The Labute approximate surface area is 110 Å². The summed E-state index contributed by atoms with van der Waals surface area (Å²) in [6.45, 7) is 2.03. The minimum Gasteiger partial charge on any atom is -0.481 e. The van der Waals surface area contributed by atoms with E-state index in [1.54, 1.807) is 12.1 Å². The van der Waals surface area contributed by atoms with Crippen molar-refractivity contribution in [2.45, 2.75) is 13.3 Å². The topological polar surface area (TPSA) is 69.6 Å². The molecule has 18 heavy (non-hydrogen) atoms. The molecule has 6 heteroatoms. The maximum atomic E-state index is 11.8. The highest BCUT2D eigenvalue weighted by Gasteiger charge is 2.11. The Bertz CT molecular complexity index is 463. The van der Waals surface area contributed by atoms with Crippen LogP contribution in [0.25, 0.3) is 0 Å². The average Bonchev–Trinajstić information content (AvgIpc) is 2.30. The fourth-order valence-corrected chi connectivity index (χ4v) is 1.48. The average molecular weight is 271 g/mol. The van der Waals surface area contributed by atoms with Crippen LogP contribution in [0.2, 0.25) is 5.02 Å². The molecule has 0 aliphatic rings. The summed E-state index contributed by atoms with van der Waals surface area (Å²) in [4.78, 5) is 23.5. The maximum Gasteiger partial charge on any atom is 0.321 e. The van der Waals surface area contributed by atoms with E-state index in [0.717, 1.165) is 5.56 Å². The van der Waals surface area contributed by atoms with Crippen molar-refractivity contribution in [3.05, 3.63) is 28.8 Å². The number of halogens is 1. The molecule has 2 amide bonds. The van der Waals surface area contributed by atoms with Gasteiger partial charge in [0, 0.05) is 13.6 Å². The number of carbonyl (C=O) groups excluding carboxylic acids is 1. The molecule has 1 aromatic carbocycles. The molecule has 0 spiro atoms. The number of urea groups is 1. The third kappa shape index (κ3) is 4.25. The number of carbonyl (C=O) groups is 2. The number of nitrogens with zero attached hydrogens (tertiary/aromatic N) is 1. The van der Waals surface area contributed by atoms with Crippen molar-refractivity contribution in [2.24, 2.45) is 0 Å². The molecule has 0 bridgehead atoms. The lowest BCUT2D eigenvalue weighted by atomic mass is 10.2. The third-order valence-electron chi connectivity index (χ3n) is 2.37. The van der Waals surface area contributed by atoms with Crippen molar-refractivity contribution in [2.75, 3.05) is 18.9 Å². The Kier molecular flexibility index (Phi) is 4.97. The molecule has 0 radical (unpaired) electrons. The molecule has 0 atom stereocenters. The normalized spacial score (nSPS) is 9.94. The molecule has 5 nitrogen and oxygen atoms in total. The van der Waals surface area contributed by atoms with Crippen molar-refractivity contribution in [1.82, 2.24) is 4.90 Å². The van der Waals surface area contributed by atoms with E-state index >= 15 is 0 Å². The molecule has 1 aromatic rings. The van der Waals surface area contributed by atoms with Gasteiger partial charge in [-0.25, -0.2) is 4.79 Å². The Hall–Kier alpha value is -1.75. The molecule has 0 aromatic heterocycles. The van der Waals surface area contributed by atoms with Crippen LogP contribution in [0, 0.1) is 6.92 Å². The van der Waals surface area contributed by atoms with Crippen LogP contribution in [0.5, 0.6) is 0 Å². The zero-order valence-corrected chi connectivity index (χ0v) is 11.0. The van der Waals surface area contributed by atoms with Gasteiger partial charge in [-0.15, -0.1) is 0 Å². The van der Waals surface area contributed by atoms with Gasteiger partial charge in [-0.2, -0.15) is 0 Å². The first kappa shape index (κ1) is 14.3. The minimum absolute atomic E-state index is 0.0918. The van der Waals surface area contributed by atoms with Crippen LogP contribution in [0.15, 0.2) is 18.2 Å². The fraction of sp³-hybridized carbons (Fsp3) is 0.333. The molecule has 0 aliphatic carbocycles. The lowest BCUT2D eigenvalue weighted by Gasteiger charge is -2.17. The Morgan fingerprint density at radius 3 is 2.72 bits per heavy atom. The van der Waals surface area contributed by atoms with Gasteiger partial charge in [0.2, 0.25) is 0 Å². The molecule has 0 saturated heterocycles. The zero-order chi connectivity index (χ0) is 13.7. The minimum atomic E-state index is -0.941. The molecule has 98 valence electrons. The number of amides is 2. The van der Waals surface area contributed by atoms with Gasteiger partial charge in [0.15, 0.2) is 0 Å². The molecule has 2 N–H and O–H groups in total. The second-order valence-electron chi connectivity index (χ2n) is 3.98. The van der Waals surface area contributed by atoms with Gasteiger partial charge < -0.3 is 15.3 Å². The Balaban J connectivity index is 2.63. The lowest BCUT2D eigenvalue weighted by Crippen LogP contribution is -2.33. The fourth-order valence-electron chi connectivity index (χ4n) is 1.31. The third-order valence-corrected chi connectivity index (χ3v) is 2.70. The quantitative estimate of drug-likeness (QED) is 0.883. The van der Waals surface area contributed by atoms with E-state index in [1.807, 2.05) is 13.0 Å². The lowest BCUT2D eigenvalue weighted by molar-refractivity contribution is -0.137. The first-order valence-corrected chi connectivity index (χ1v) is 5.78. The molecule has 0 heterocycles. The van der Waals surface area contributed by atoms with E-state index in [1.165, 1.54) is 11.9 Å². The summed E-state index contributed by atoms with van der Waals surface area (Å²) in [7, 11) is 1.53. The summed E-state index contributed by atoms with van der Waals surface area (Å²) in [6, 6.07) is 4.91. The van der Waals surface area contributed by atoms with Gasteiger partial charge in [-0.1, -0.05) is 17.7 Å². The molecular formula is C12H15ClN2O3. The summed E-state index contributed by atoms with van der Waals surface area (Å²) in [5, 5.41) is 11.6. The summed E-state index contributed by atoms with van der Waals surface area (Å²) < 4.78 is 0. The largest absolute Gasteiger partial charge is 0.481 e. The summed E-state index contributed by atoms with van der Waals surface area (Å²) >= 11 is 5.95. The van der Waals surface area contributed by atoms with Crippen LogP contribution < -0.4 is 5.32 Å². The van der Waals surface area contributed by atoms with Crippen LogP contribution in [0.3, 0.4) is 0 Å². The standard InChI is InChI=1S/C12H15ClN2O3/c1-8-3-4-9(13)10(7-8)14-12(18)15(2)6-5-11(16)17/h3-4,7H,5-6H2,1-2H3,(H,14,18)(H,16,17). The van der Waals surface area contributed by atoms with Crippen LogP contribution in [0.4, 0.5) is 10.5 Å². The van der Waals surface area contributed by atoms with Crippen molar-refractivity contribution in [3.63, 3.8) is 0 Å². The predicted molar refractivity (Wildman–Crippen MR) is 70.1 cm³/mol. The van der Waals surface area contributed by atoms with Gasteiger partial charge >= 0.3 is 12.0 Å². The second-order valence-corrected chi connectivity index (χ2v) is 4.39. The smallest absolute Gasteiger partial charge is 0.321 e. The number of carboxylic acids is 1. The van der Waals surface area contributed by atoms with Crippen LogP contribution in [-0.2, 0) is 4.79 Å². The van der Waals surface area contributed by atoms with Crippen molar-refractivity contribution in [1.29, 1.82) is 0 Å². The van der Waals surface area contributed by atoms with Gasteiger partial charge in [0.25, 0.3) is 0 Å². The molecule has 0 fully saturated rings. The number of carboxylic acid groups (broad SMARTS) is 1. The van der Waals surface area contributed by atoms with Gasteiger partial charge in [0.05, 0.1) is 17.1 Å².